The predicted octanol–water partition coefficient (Wildman–Crippen LogP) is 2.47. The Morgan fingerprint density at radius 3 is 2.32 bits per heavy atom. The van der Waals surface area contributed by atoms with Crippen LogP contribution >= 0.6 is 0 Å². The zero-order valence-electron chi connectivity index (χ0n) is 17.4. The molecule has 2 aliphatic rings. The average Bonchev–Trinajstić information content (AvgIpc) is 3.62. The largest absolute Gasteiger partial charge is 0.468 e. The summed E-state index contributed by atoms with van der Waals surface area (Å²) in [6, 6.07) is 15.6. The zero-order valence-corrected chi connectivity index (χ0v) is 18.2. The quantitative estimate of drug-likeness (QED) is 0.694. The first-order chi connectivity index (χ1) is 14.9. The Balaban J connectivity index is 1.51. The SMILES string of the molecule is COC(=O)C1(c2ccccc2)CCN(C(=O)c2cccc(S(=O)(=O)NC3CC3)c2)CC1. The van der Waals surface area contributed by atoms with Crippen molar-refractivity contribution in [2.45, 2.75) is 42.0 Å². The molecule has 164 valence electrons. The maximum Gasteiger partial charge on any atom is 0.316 e. The van der Waals surface area contributed by atoms with Crippen LogP contribution in [0.3, 0.4) is 0 Å². The number of piperidine rings is 1. The Labute approximate surface area is 182 Å². The van der Waals surface area contributed by atoms with Crippen LogP contribution in [0.15, 0.2) is 59.5 Å². The van der Waals surface area contributed by atoms with Gasteiger partial charge in [-0.05, 0) is 49.4 Å². The normalized spacial score (nSPS) is 18.4. The molecule has 0 spiro atoms. The molecule has 1 aliphatic carbocycles. The molecule has 2 fully saturated rings. The van der Waals surface area contributed by atoms with Crippen LogP contribution in [0.1, 0.15) is 41.6 Å². The molecule has 2 aromatic rings. The highest BCUT2D eigenvalue weighted by Gasteiger charge is 2.44. The number of hydrogen-bond donors (Lipinski definition) is 1. The van der Waals surface area contributed by atoms with Crippen molar-refractivity contribution >= 4 is 21.9 Å². The van der Waals surface area contributed by atoms with Crippen LogP contribution < -0.4 is 4.72 Å². The summed E-state index contributed by atoms with van der Waals surface area (Å²) < 4.78 is 32.7. The van der Waals surface area contributed by atoms with E-state index in [0.717, 1.165) is 18.4 Å². The number of sulfonamides is 1. The first kappa shape index (κ1) is 21.5. The van der Waals surface area contributed by atoms with E-state index in [0.29, 0.717) is 31.5 Å². The first-order valence-electron chi connectivity index (χ1n) is 10.4. The van der Waals surface area contributed by atoms with Crippen molar-refractivity contribution in [1.82, 2.24) is 9.62 Å². The number of esters is 1. The topological polar surface area (TPSA) is 92.8 Å². The van der Waals surface area contributed by atoms with E-state index >= 15 is 0 Å². The van der Waals surface area contributed by atoms with E-state index in [9.17, 15) is 18.0 Å². The minimum absolute atomic E-state index is 0.00381. The van der Waals surface area contributed by atoms with Crippen molar-refractivity contribution < 1.29 is 22.7 Å². The Hall–Kier alpha value is -2.71. The van der Waals surface area contributed by atoms with E-state index in [-0.39, 0.29) is 22.8 Å². The van der Waals surface area contributed by atoms with E-state index < -0.39 is 15.4 Å². The summed E-state index contributed by atoms with van der Waals surface area (Å²) in [5.74, 6) is -0.542. The molecule has 1 N–H and O–H groups in total. The second kappa shape index (κ2) is 8.43. The summed E-state index contributed by atoms with van der Waals surface area (Å²) in [7, 11) is -2.25. The fourth-order valence-electron chi connectivity index (χ4n) is 4.12. The fraction of sp³-hybridized carbons (Fsp3) is 0.391. The number of likely N-dealkylation sites (tertiary alicyclic amines) is 1. The summed E-state index contributed by atoms with van der Waals surface area (Å²) >= 11 is 0. The van der Waals surface area contributed by atoms with Crippen molar-refractivity contribution in [2.24, 2.45) is 0 Å². The number of carbonyl (C=O) groups is 2. The second-order valence-corrected chi connectivity index (χ2v) is 9.87. The molecule has 31 heavy (non-hydrogen) atoms. The molecule has 0 bridgehead atoms. The van der Waals surface area contributed by atoms with Gasteiger partial charge >= 0.3 is 5.97 Å². The van der Waals surface area contributed by atoms with Crippen molar-refractivity contribution in [1.29, 1.82) is 0 Å². The van der Waals surface area contributed by atoms with Gasteiger partial charge in [0.15, 0.2) is 0 Å². The number of rotatable bonds is 6. The van der Waals surface area contributed by atoms with Gasteiger partial charge in [-0.25, -0.2) is 13.1 Å². The smallest absolute Gasteiger partial charge is 0.316 e. The van der Waals surface area contributed by atoms with Gasteiger partial charge in [0.25, 0.3) is 5.91 Å². The van der Waals surface area contributed by atoms with Crippen LogP contribution in [0.5, 0.6) is 0 Å². The molecule has 0 unspecified atom stereocenters. The predicted molar refractivity (Wildman–Crippen MR) is 115 cm³/mol. The number of benzene rings is 2. The minimum Gasteiger partial charge on any atom is -0.468 e. The number of carbonyl (C=O) groups excluding carboxylic acids is 2. The lowest BCUT2D eigenvalue weighted by molar-refractivity contribution is -0.149. The highest BCUT2D eigenvalue weighted by Crippen LogP contribution is 2.37. The average molecular weight is 443 g/mol. The number of hydrogen-bond acceptors (Lipinski definition) is 5. The van der Waals surface area contributed by atoms with Crippen molar-refractivity contribution in [2.75, 3.05) is 20.2 Å². The Kier molecular flexibility index (Phi) is 5.85. The van der Waals surface area contributed by atoms with E-state index in [1.165, 1.54) is 19.2 Å². The highest BCUT2D eigenvalue weighted by molar-refractivity contribution is 7.89. The molecule has 1 saturated heterocycles. The lowest BCUT2D eigenvalue weighted by atomic mass is 9.72. The number of ether oxygens (including phenoxy) is 1. The summed E-state index contributed by atoms with van der Waals surface area (Å²) in [6.07, 6.45) is 2.57. The zero-order chi connectivity index (χ0) is 22.1. The molecule has 0 atom stereocenters. The van der Waals surface area contributed by atoms with Crippen LogP contribution in [0.25, 0.3) is 0 Å². The molecular formula is C23H26N2O5S. The van der Waals surface area contributed by atoms with Gasteiger partial charge in [0.1, 0.15) is 0 Å². The maximum absolute atomic E-state index is 13.1. The molecule has 1 heterocycles. The summed E-state index contributed by atoms with van der Waals surface area (Å²) in [5.41, 5.74) is 0.420. The molecular weight excluding hydrogens is 416 g/mol. The summed E-state index contributed by atoms with van der Waals surface area (Å²) in [5, 5.41) is 0. The lowest BCUT2D eigenvalue weighted by Crippen LogP contribution is -2.49. The van der Waals surface area contributed by atoms with Crippen LogP contribution in [-0.2, 0) is 25.0 Å². The van der Waals surface area contributed by atoms with Gasteiger partial charge in [-0.15, -0.1) is 0 Å². The van der Waals surface area contributed by atoms with Crippen molar-refractivity contribution in [3.8, 4) is 0 Å². The number of nitrogens with zero attached hydrogens (tertiary/aromatic N) is 1. The first-order valence-corrected chi connectivity index (χ1v) is 11.9. The van der Waals surface area contributed by atoms with E-state index in [1.807, 2.05) is 30.3 Å². The Morgan fingerprint density at radius 2 is 1.71 bits per heavy atom. The van der Waals surface area contributed by atoms with Crippen LogP contribution in [0.2, 0.25) is 0 Å². The molecule has 2 aromatic carbocycles. The number of methoxy groups -OCH3 is 1. The van der Waals surface area contributed by atoms with Gasteiger partial charge in [-0.1, -0.05) is 36.4 Å². The van der Waals surface area contributed by atoms with Crippen LogP contribution in [0.4, 0.5) is 0 Å². The highest BCUT2D eigenvalue weighted by atomic mass is 32.2. The molecule has 1 aliphatic heterocycles. The number of nitrogens with one attached hydrogen (secondary N) is 1. The van der Waals surface area contributed by atoms with Gasteiger partial charge in [-0.2, -0.15) is 0 Å². The van der Waals surface area contributed by atoms with E-state index in [2.05, 4.69) is 4.72 Å². The van der Waals surface area contributed by atoms with Crippen molar-refractivity contribution in [3.05, 3.63) is 65.7 Å². The fourth-order valence-corrected chi connectivity index (χ4v) is 5.47. The Morgan fingerprint density at radius 1 is 1.03 bits per heavy atom. The van der Waals surface area contributed by atoms with E-state index in [1.54, 1.807) is 17.0 Å². The minimum atomic E-state index is -3.63. The summed E-state index contributed by atoms with van der Waals surface area (Å²) in [4.78, 5) is 27.5. The molecule has 1 saturated carbocycles. The van der Waals surface area contributed by atoms with Crippen molar-refractivity contribution in [3.63, 3.8) is 0 Å². The van der Waals surface area contributed by atoms with E-state index in [4.69, 9.17) is 4.74 Å². The third-order valence-electron chi connectivity index (χ3n) is 6.10. The number of amides is 1. The summed E-state index contributed by atoms with van der Waals surface area (Å²) in [6.45, 7) is 0.750. The lowest BCUT2D eigenvalue weighted by Gasteiger charge is -2.40. The molecule has 8 heteroatoms. The van der Waals surface area contributed by atoms with Gasteiger partial charge in [-0.3, -0.25) is 9.59 Å². The standard InChI is InChI=1S/C23H26N2O5S/c1-30-22(27)23(18-7-3-2-4-8-18)12-14-25(15-13-23)21(26)17-6-5-9-20(16-17)31(28,29)24-19-10-11-19/h2-9,16,19,24H,10-15H2,1H3. The molecule has 1 amide bonds. The Bertz CT molecular complexity index is 1070. The second-order valence-electron chi connectivity index (χ2n) is 8.16. The molecule has 4 rings (SSSR count). The van der Waals surface area contributed by atoms with Gasteiger partial charge in [0, 0.05) is 24.7 Å². The molecule has 0 radical (unpaired) electrons. The monoisotopic (exact) mass is 442 g/mol. The molecule has 0 aromatic heterocycles. The van der Waals surface area contributed by atoms with Gasteiger partial charge in [0.2, 0.25) is 10.0 Å². The van der Waals surface area contributed by atoms with Crippen LogP contribution in [-0.4, -0.2) is 51.4 Å². The third-order valence-corrected chi connectivity index (χ3v) is 7.62. The maximum atomic E-state index is 13.1. The molecule has 7 nitrogen and oxygen atoms in total. The third kappa shape index (κ3) is 4.36. The van der Waals surface area contributed by atoms with Gasteiger partial charge in [0.05, 0.1) is 17.4 Å². The van der Waals surface area contributed by atoms with Gasteiger partial charge < -0.3 is 9.64 Å². The van der Waals surface area contributed by atoms with Crippen LogP contribution in [0, 0.1) is 0 Å².